The van der Waals surface area contributed by atoms with Gasteiger partial charge in [-0.2, -0.15) is 0 Å². The van der Waals surface area contributed by atoms with E-state index < -0.39 is 0 Å². The largest absolute Gasteiger partial charge is 0.330 e. The molecular weight excluding hydrogens is 330 g/mol. The van der Waals surface area contributed by atoms with Crippen LogP contribution in [0.15, 0.2) is 24.3 Å². The number of piperidine rings is 1. The second-order valence-corrected chi connectivity index (χ2v) is 7.96. The molecular formula is C17H18ClN3OS. The van der Waals surface area contributed by atoms with Gasteiger partial charge in [0.15, 0.2) is 0 Å². The zero-order valence-corrected chi connectivity index (χ0v) is 14.4. The van der Waals surface area contributed by atoms with E-state index in [0.717, 1.165) is 28.3 Å². The van der Waals surface area contributed by atoms with E-state index in [-0.39, 0.29) is 11.9 Å². The Kier molecular flexibility index (Phi) is 3.67. The summed E-state index contributed by atoms with van der Waals surface area (Å²) in [5.41, 5.74) is 7.36. The molecule has 1 aromatic heterocycles. The fraction of sp³-hybridized carbons (Fsp3) is 0.412. The maximum Gasteiger partial charge on any atom is 0.274 e. The van der Waals surface area contributed by atoms with Crippen LogP contribution in [0.2, 0.25) is 5.02 Å². The summed E-state index contributed by atoms with van der Waals surface area (Å²) in [7, 11) is 0. The number of halogens is 1. The number of aromatic nitrogens is 1. The van der Waals surface area contributed by atoms with Gasteiger partial charge >= 0.3 is 0 Å². The molecule has 1 aliphatic heterocycles. The summed E-state index contributed by atoms with van der Waals surface area (Å²) in [5, 5.41) is 1.55. The van der Waals surface area contributed by atoms with E-state index in [9.17, 15) is 4.79 Å². The number of hydrogen-bond acceptors (Lipinski definition) is 4. The molecule has 6 heteroatoms. The number of likely N-dealkylation sites (tertiary alicyclic amines) is 1. The van der Waals surface area contributed by atoms with E-state index in [4.69, 9.17) is 17.3 Å². The number of hydrogen-bond donors (Lipinski definition) is 1. The van der Waals surface area contributed by atoms with E-state index >= 15 is 0 Å². The maximum absolute atomic E-state index is 13.1. The molecule has 2 aromatic rings. The second kappa shape index (κ2) is 5.58. The predicted octanol–water partition coefficient (Wildman–Crippen LogP) is 3.33. The van der Waals surface area contributed by atoms with Crippen molar-refractivity contribution in [3.63, 3.8) is 0 Å². The van der Waals surface area contributed by atoms with Crippen molar-refractivity contribution in [2.24, 2.45) is 11.7 Å². The lowest BCUT2D eigenvalue weighted by atomic mass is 10.1. The van der Waals surface area contributed by atoms with E-state index in [1.54, 1.807) is 0 Å². The molecule has 3 atom stereocenters. The summed E-state index contributed by atoms with van der Waals surface area (Å²) in [6, 6.07) is 8.11. The summed E-state index contributed by atoms with van der Waals surface area (Å²) in [4.78, 5) is 20.5. The van der Waals surface area contributed by atoms with Gasteiger partial charge in [0, 0.05) is 23.7 Å². The van der Waals surface area contributed by atoms with E-state index in [2.05, 4.69) is 4.98 Å². The van der Waals surface area contributed by atoms with E-state index in [1.807, 2.05) is 36.1 Å². The van der Waals surface area contributed by atoms with Crippen LogP contribution in [-0.4, -0.2) is 34.4 Å². The monoisotopic (exact) mass is 347 g/mol. The lowest BCUT2D eigenvalue weighted by Gasteiger charge is -2.26. The molecule has 1 aromatic carbocycles. The number of nitrogens with zero attached hydrogens (tertiary/aromatic N) is 2. The Hall–Kier alpha value is -1.43. The number of aryl methyl sites for hydroxylation is 1. The van der Waals surface area contributed by atoms with Crippen molar-refractivity contribution in [2.45, 2.75) is 31.8 Å². The molecule has 2 fully saturated rings. The average Bonchev–Trinajstić information content (AvgIpc) is 3.02. The van der Waals surface area contributed by atoms with Crippen molar-refractivity contribution in [2.75, 3.05) is 6.54 Å². The molecule has 0 radical (unpaired) electrons. The van der Waals surface area contributed by atoms with Gasteiger partial charge in [-0.05, 0) is 43.4 Å². The Morgan fingerprint density at radius 3 is 3.04 bits per heavy atom. The van der Waals surface area contributed by atoms with Crippen LogP contribution >= 0.6 is 22.9 Å². The topological polar surface area (TPSA) is 59.2 Å². The van der Waals surface area contributed by atoms with E-state index in [1.165, 1.54) is 11.3 Å². The number of benzene rings is 1. The molecule has 0 spiro atoms. The number of amides is 1. The average molecular weight is 348 g/mol. The van der Waals surface area contributed by atoms with Gasteiger partial charge < -0.3 is 10.6 Å². The van der Waals surface area contributed by atoms with Gasteiger partial charge in [-0.3, -0.25) is 4.79 Å². The lowest BCUT2D eigenvalue weighted by Crippen LogP contribution is -2.42. The maximum atomic E-state index is 13.1. The Labute approximate surface area is 144 Å². The third-order valence-corrected chi connectivity index (χ3v) is 6.00. The SMILES string of the molecule is Cc1nc(C(=O)N2[C@H](CN)C[C@@H]3C[C@@H]32)c(-c2cccc(Cl)c2)s1. The molecule has 1 saturated carbocycles. The van der Waals surface area contributed by atoms with Crippen LogP contribution in [0, 0.1) is 12.8 Å². The molecule has 1 amide bonds. The minimum Gasteiger partial charge on any atom is -0.330 e. The number of thiazole rings is 1. The second-order valence-electron chi connectivity index (χ2n) is 6.32. The van der Waals surface area contributed by atoms with Crippen molar-refractivity contribution in [1.82, 2.24) is 9.88 Å². The molecule has 23 heavy (non-hydrogen) atoms. The Bertz CT molecular complexity index is 775. The highest BCUT2D eigenvalue weighted by molar-refractivity contribution is 7.15. The van der Waals surface area contributed by atoms with Gasteiger partial charge in [0.1, 0.15) is 5.69 Å². The van der Waals surface area contributed by atoms with Gasteiger partial charge in [-0.1, -0.05) is 23.7 Å². The van der Waals surface area contributed by atoms with Crippen LogP contribution in [0.25, 0.3) is 10.4 Å². The van der Waals surface area contributed by atoms with Crippen molar-refractivity contribution >= 4 is 28.8 Å². The van der Waals surface area contributed by atoms with Crippen molar-refractivity contribution in [3.05, 3.63) is 40.0 Å². The molecule has 2 aliphatic rings. The van der Waals surface area contributed by atoms with Gasteiger partial charge in [-0.25, -0.2) is 4.98 Å². The Morgan fingerprint density at radius 2 is 2.30 bits per heavy atom. The van der Waals surface area contributed by atoms with Crippen LogP contribution < -0.4 is 5.73 Å². The number of rotatable bonds is 3. The lowest BCUT2D eigenvalue weighted by molar-refractivity contribution is 0.0701. The van der Waals surface area contributed by atoms with Crippen LogP contribution in [0.1, 0.15) is 28.3 Å². The molecule has 0 bridgehead atoms. The highest BCUT2D eigenvalue weighted by Gasteiger charge is 2.54. The number of nitrogens with two attached hydrogens (primary N) is 1. The standard InChI is InChI=1S/C17H18ClN3OS/c1-9-20-15(16(23-9)10-3-2-4-12(18)5-10)17(22)21-13(8-19)6-11-7-14(11)21/h2-5,11,13-14H,6-8,19H2,1H3/t11-,13+,14+/m1/s1. The predicted molar refractivity (Wildman–Crippen MR) is 92.8 cm³/mol. The molecule has 0 unspecified atom stereocenters. The Morgan fingerprint density at radius 1 is 1.48 bits per heavy atom. The van der Waals surface area contributed by atoms with Gasteiger partial charge in [0.05, 0.1) is 9.88 Å². The molecule has 2 N–H and O–H groups in total. The summed E-state index contributed by atoms with van der Waals surface area (Å²) in [5.74, 6) is 0.659. The summed E-state index contributed by atoms with van der Waals surface area (Å²) in [6.45, 7) is 2.45. The third-order valence-electron chi connectivity index (χ3n) is 4.74. The summed E-state index contributed by atoms with van der Waals surface area (Å²) in [6.07, 6.45) is 2.14. The first-order valence-corrected chi connectivity index (χ1v) is 9.04. The van der Waals surface area contributed by atoms with Crippen molar-refractivity contribution < 1.29 is 4.79 Å². The van der Waals surface area contributed by atoms with Gasteiger partial charge in [0.25, 0.3) is 5.91 Å². The van der Waals surface area contributed by atoms with E-state index in [0.29, 0.717) is 29.2 Å². The van der Waals surface area contributed by atoms with Crippen LogP contribution in [0.4, 0.5) is 0 Å². The summed E-state index contributed by atoms with van der Waals surface area (Å²) >= 11 is 7.65. The third kappa shape index (κ3) is 2.57. The molecule has 1 saturated heterocycles. The smallest absolute Gasteiger partial charge is 0.274 e. The number of fused-ring (bicyclic) bond motifs is 1. The minimum atomic E-state index is 0.0183. The van der Waals surface area contributed by atoms with Crippen LogP contribution in [-0.2, 0) is 0 Å². The Balaban J connectivity index is 1.73. The summed E-state index contributed by atoms with van der Waals surface area (Å²) < 4.78 is 0. The van der Waals surface area contributed by atoms with Crippen LogP contribution in [0.3, 0.4) is 0 Å². The van der Waals surface area contributed by atoms with Gasteiger partial charge in [-0.15, -0.1) is 11.3 Å². The highest BCUT2D eigenvalue weighted by atomic mass is 35.5. The molecule has 2 heterocycles. The number of carbonyl (C=O) groups excluding carboxylic acids is 1. The van der Waals surface area contributed by atoms with Crippen molar-refractivity contribution in [3.8, 4) is 10.4 Å². The molecule has 4 nitrogen and oxygen atoms in total. The zero-order chi connectivity index (χ0) is 16.1. The normalized spacial score (nSPS) is 25.5. The van der Waals surface area contributed by atoms with Gasteiger partial charge in [0.2, 0.25) is 0 Å². The zero-order valence-electron chi connectivity index (χ0n) is 12.8. The first kappa shape index (κ1) is 15.1. The molecule has 1 aliphatic carbocycles. The first-order chi connectivity index (χ1) is 11.1. The van der Waals surface area contributed by atoms with Crippen LogP contribution in [0.5, 0.6) is 0 Å². The first-order valence-electron chi connectivity index (χ1n) is 7.84. The quantitative estimate of drug-likeness (QED) is 0.926. The molecule has 4 rings (SSSR count). The fourth-order valence-electron chi connectivity index (χ4n) is 3.61. The van der Waals surface area contributed by atoms with Crippen molar-refractivity contribution in [1.29, 1.82) is 0 Å². The molecule has 120 valence electrons. The number of carbonyl (C=O) groups is 1. The fourth-order valence-corrected chi connectivity index (χ4v) is 4.70. The highest BCUT2D eigenvalue weighted by Crippen LogP contribution is 2.48. The minimum absolute atomic E-state index is 0.0183.